The molecule has 0 fully saturated rings. The van der Waals surface area contributed by atoms with E-state index in [-0.39, 0.29) is 5.11 Å². The van der Waals surface area contributed by atoms with E-state index in [9.17, 15) is 0 Å². The quantitative estimate of drug-likeness (QED) is 0.222. The lowest BCUT2D eigenvalue weighted by Crippen LogP contribution is -2.18. The second kappa shape index (κ2) is 28.8. The molecule has 0 aliphatic carbocycles. The van der Waals surface area contributed by atoms with E-state index in [0.717, 1.165) is 0 Å². The molecule has 52 valence electrons. The normalized spacial score (nSPS) is 4.50. The Labute approximate surface area is 57.1 Å². The second-order valence-electron chi connectivity index (χ2n) is 0.402. The van der Waals surface area contributed by atoms with Gasteiger partial charge >= 0.3 is 0 Å². The summed E-state index contributed by atoms with van der Waals surface area (Å²) in [6.45, 7) is 0. The van der Waals surface area contributed by atoms with Crippen LogP contribution in [0.25, 0.3) is 0 Å². The van der Waals surface area contributed by atoms with E-state index >= 15 is 0 Å². The Bertz CT molecular complexity index is 40.3. The minimum absolute atomic E-state index is 0.000000000000000222. The molecule has 0 amide bonds. The zero-order chi connectivity index (χ0) is 7.58. The van der Waals surface area contributed by atoms with Gasteiger partial charge in [0, 0.05) is 0 Å². The van der Waals surface area contributed by atoms with Gasteiger partial charge in [-0.3, -0.25) is 4.66 Å². The first-order chi connectivity index (χ1) is 3.73. The molecule has 5 nitrogen and oxygen atoms in total. The summed E-state index contributed by atoms with van der Waals surface area (Å²) in [6, 6.07) is 0. The summed E-state index contributed by atoms with van der Waals surface area (Å²) < 4.78 is 6.47. The summed E-state index contributed by atoms with van der Waals surface area (Å²) >= 11 is 7.73. The van der Waals surface area contributed by atoms with E-state index in [1.54, 1.807) is 0 Å². The summed E-state index contributed by atoms with van der Waals surface area (Å²) in [5.41, 5.74) is 9.24. The fourth-order valence-corrected chi connectivity index (χ4v) is 0. The molecular weight excluding hydrogens is 154 g/mol. The van der Waals surface area contributed by atoms with Crippen LogP contribution in [-0.4, -0.2) is 15.0 Å². The molecule has 8 heavy (non-hydrogen) atoms. The topological polar surface area (TPSA) is 119 Å². The molecule has 0 bridgehead atoms. The molecule has 0 aliphatic rings. The maximum atomic E-state index is 6.50. The van der Waals surface area contributed by atoms with Crippen molar-refractivity contribution in [2.45, 2.75) is 0 Å². The van der Waals surface area contributed by atoms with Crippen LogP contribution in [0.5, 0.6) is 0 Å². The molecule has 0 unspecified atom stereocenters. The van der Waals surface area contributed by atoms with Crippen molar-refractivity contribution in [3.05, 3.63) is 0 Å². The maximum Gasteiger partial charge on any atom is 0.160 e. The van der Waals surface area contributed by atoms with E-state index < -0.39 is 0 Å². The van der Waals surface area contributed by atoms with Crippen molar-refractivity contribution in [2.75, 3.05) is 0 Å². The van der Waals surface area contributed by atoms with Crippen molar-refractivity contribution < 1.29 is 9.87 Å². The van der Waals surface area contributed by atoms with Crippen LogP contribution in [0.2, 0.25) is 0 Å². The van der Waals surface area contributed by atoms with Crippen LogP contribution in [0.15, 0.2) is 0 Å². The van der Waals surface area contributed by atoms with Crippen molar-refractivity contribution in [1.82, 2.24) is 0 Å². The van der Waals surface area contributed by atoms with Gasteiger partial charge in [0.1, 0.15) is 0 Å². The van der Waals surface area contributed by atoms with Crippen LogP contribution in [-0.2, 0) is 0 Å². The molecule has 0 saturated carbocycles. The molecule has 0 heterocycles. The van der Waals surface area contributed by atoms with Gasteiger partial charge in [0.05, 0.1) is 11.9 Å². The van der Waals surface area contributed by atoms with E-state index in [1.807, 2.05) is 0 Å². The lowest BCUT2D eigenvalue weighted by molar-refractivity contribution is 0.311. The second-order valence-corrected chi connectivity index (χ2v) is 0.874. The highest BCUT2D eigenvalue weighted by Gasteiger charge is 1.53. The first-order valence-corrected chi connectivity index (χ1v) is 1.96. The third kappa shape index (κ3) is 7060. The van der Waals surface area contributed by atoms with Crippen LogP contribution < -0.4 is 17.4 Å². The fourth-order valence-electron chi connectivity index (χ4n) is 0. The fraction of sp³-hybridized carbons (Fsp3) is 0. The van der Waals surface area contributed by atoms with Gasteiger partial charge in [0.15, 0.2) is 5.11 Å². The Morgan fingerprint density at radius 2 is 1.25 bits per heavy atom. The Morgan fingerprint density at radius 1 is 1.25 bits per heavy atom. The molecule has 0 radical (unpaired) electrons. The van der Waals surface area contributed by atoms with Gasteiger partial charge in [0.2, 0.25) is 0 Å². The predicted molar refractivity (Wildman–Crippen MR) is 35.0 cm³/mol. The number of thiocarbonyl (C=S) groups is 1. The summed E-state index contributed by atoms with van der Waals surface area (Å²) in [5, 5.41) is 6.50. The average Bonchev–Trinajstić information content (AvgIpc) is 1.75. The van der Waals surface area contributed by atoms with Crippen molar-refractivity contribution in [1.29, 1.82) is 0 Å². The molecule has 7 heteroatoms. The summed E-state index contributed by atoms with van der Waals surface area (Å²) in [7, 11) is 0. The van der Waals surface area contributed by atoms with Crippen LogP contribution in [0.1, 0.15) is 0 Å². The maximum absolute atomic E-state index is 6.50. The molecule has 0 aromatic carbocycles. The predicted octanol–water partition coefficient (Wildman–Crippen LogP) is -1.34. The highest BCUT2D eigenvalue weighted by Crippen LogP contribution is 1.32. The van der Waals surface area contributed by atoms with Crippen LogP contribution >= 0.6 is 24.1 Å². The van der Waals surface area contributed by atoms with E-state index in [4.69, 9.17) is 9.87 Å². The third-order valence-corrected chi connectivity index (χ3v) is 0. The van der Waals surface area contributed by atoms with Crippen molar-refractivity contribution in [3.63, 3.8) is 0 Å². The first-order valence-electron chi connectivity index (χ1n) is 1.21. The van der Waals surface area contributed by atoms with Crippen molar-refractivity contribution >= 4 is 29.2 Å². The Balaban J connectivity index is -0.0000000542. The number of hydrogen-bond donors (Lipinski definition) is 5. The number of nitrogens with two attached hydrogens (primary N) is 3. The highest BCUT2D eigenvalue weighted by molar-refractivity contribution is 7.80. The SMILES string of the molecule is NC(N)=S.NO.OCl. The Kier molecular flexibility index (Phi) is 56.4. The van der Waals surface area contributed by atoms with Crippen molar-refractivity contribution in [3.8, 4) is 0 Å². The molecular formula is CH8ClN3O2S. The van der Waals surface area contributed by atoms with Gasteiger partial charge in [-0.05, 0) is 12.2 Å². The number of hydrogen-bond acceptors (Lipinski definition) is 4. The molecule has 0 spiro atoms. The van der Waals surface area contributed by atoms with E-state index in [0.29, 0.717) is 0 Å². The minimum Gasteiger partial charge on any atom is -0.377 e. The Hall–Kier alpha value is -0.140. The third-order valence-electron chi connectivity index (χ3n) is 0. The summed E-state index contributed by atoms with van der Waals surface area (Å²) in [4.78, 5) is 0. The van der Waals surface area contributed by atoms with Gasteiger partial charge < -0.3 is 16.7 Å². The zero-order valence-electron chi connectivity index (χ0n) is 3.91. The van der Waals surface area contributed by atoms with Crippen molar-refractivity contribution in [2.24, 2.45) is 17.4 Å². The summed E-state index contributed by atoms with van der Waals surface area (Å²) in [5.74, 6) is 3.50. The van der Waals surface area contributed by atoms with Gasteiger partial charge in [0.25, 0.3) is 0 Å². The van der Waals surface area contributed by atoms with E-state index in [1.165, 1.54) is 0 Å². The molecule has 0 atom stereocenters. The smallest absolute Gasteiger partial charge is 0.160 e. The molecule has 0 aliphatic heterocycles. The van der Waals surface area contributed by atoms with Crippen LogP contribution in [0.4, 0.5) is 0 Å². The van der Waals surface area contributed by atoms with Crippen LogP contribution in [0, 0.1) is 0 Å². The molecule has 0 saturated heterocycles. The minimum atomic E-state index is 0.000000000000000222. The number of halogens is 1. The van der Waals surface area contributed by atoms with E-state index in [2.05, 4.69) is 41.4 Å². The van der Waals surface area contributed by atoms with Crippen LogP contribution in [0.3, 0.4) is 0 Å². The number of rotatable bonds is 0. The van der Waals surface area contributed by atoms with Gasteiger partial charge in [-0.15, -0.1) is 0 Å². The molecule has 0 aromatic rings. The zero-order valence-corrected chi connectivity index (χ0v) is 5.49. The van der Waals surface area contributed by atoms with Gasteiger partial charge in [-0.25, -0.2) is 5.90 Å². The molecule has 8 N–H and O–H groups in total. The Morgan fingerprint density at radius 3 is 1.25 bits per heavy atom. The monoisotopic (exact) mass is 161 g/mol. The standard InChI is InChI=1S/CH4N2S.ClHO.H3NO/c2-1(3)4;2*1-2/h(H4,2,3,4);2H;2H,1H2. The molecule has 0 rings (SSSR count). The molecule has 0 aromatic heterocycles. The summed E-state index contributed by atoms with van der Waals surface area (Å²) in [6.07, 6.45) is 0. The highest BCUT2D eigenvalue weighted by atomic mass is 35.5. The average molecular weight is 162 g/mol. The van der Waals surface area contributed by atoms with Gasteiger partial charge in [-0.2, -0.15) is 0 Å². The lowest BCUT2D eigenvalue weighted by Gasteiger charge is -1.68. The largest absolute Gasteiger partial charge is 0.377 e. The van der Waals surface area contributed by atoms with Gasteiger partial charge in [-0.1, -0.05) is 0 Å². The first kappa shape index (κ1) is 15.7. The lowest BCUT2D eigenvalue weighted by atomic mass is 11.3.